The van der Waals surface area contributed by atoms with E-state index in [2.05, 4.69) is 4.99 Å². The average molecular weight is 276 g/mol. The Balaban J connectivity index is 2.29. The Labute approximate surface area is 116 Å². The fourth-order valence-corrected chi connectivity index (χ4v) is 2.31. The lowest BCUT2D eigenvalue weighted by molar-refractivity contribution is -0.112. The number of thioether (sulfide) groups is 1. The summed E-state index contributed by atoms with van der Waals surface area (Å²) in [7, 11) is 0. The van der Waals surface area contributed by atoms with Gasteiger partial charge in [0.1, 0.15) is 6.04 Å². The van der Waals surface area contributed by atoms with Crippen LogP contribution in [0.5, 0.6) is 0 Å². The topological polar surface area (TPSA) is 64.7 Å². The highest BCUT2D eigenvalue weighted by molar-refractivity contribution is 8.13. The molecule has 1 aliphatic rings. The summed E-state index contributed by atoms with van der Waals surface area (Å²) in [4.78, 5) is 16.5. The molecule has 100 valence electrons. The number of rotatable bonds is 4. The van der Waals surface area contributed by atoms with Crippen molar-refractivity contribution in [1.29, 1.82) is 0 Å². The molecule has 0 aliphatic carbocycles. The van der Waals surface area contributed by atoms with Gasteiger partial charge in [0, 0.05) is 0 Å². The van der Waals surface area contributed by atoms with Crippen molar-refractivity contribution >= 4 is 22.8 Å². The van der Waals surface area contributed by atoms with Crippen LogP contribution in [-0.2, 0) is 9.53 Å². The van der Waals surface area contributed by atoms with Gasteiger partial charge in [-0.25, -0.2) is 4.99 Å². The van der Waals surface area contributed by atoms with Crippen LogP contribution in [-0.4, -0.2) is 16.8 Å². The molecule has 1 aromatic carbocycles. The summed E-state index contributed by atoms with van der Waals surface area (Å²) >= 11 is 1.26. The molecule has 0 aromatic heterocycles. The van der Waals surface area contributed by atoms with E-state index < -0.39 is 6.04 Å². The van der Waals surface area contributed by atoms with E-state index in [-0.39, 0.29) is 5.12 Å². The number of ether oxygens (including phenoxy) is 1. The van der Waals surface area contributed by atoms with Crippen LogP contribution in [0.3, 0.4) is 0 Å². The van der Waals surface area contributed by atoms with Gasteiger partial charge in [-0.2, -0.15) is 0 Å². The van der Waals surface area contributed by atoms with Crippen molar-refractivity contribution in [2.24, 2.45) is 10.7 Å². The minimum Gasteiger partial charge on any atom is -0.423 e. The van der Waals surface area contributed by atoms with Gasteiger partial charge < -0.3 is 10.5 Å². The number of hydrogen-bond donors (Lipinski definition) is 1. The van der Waals surface area contributed by atoms with Gasteiger partial charge in [0.15, 0.2) is 0 Å². The van der Waals surface area contributed by atoms with Crippen molar-refractivity contribution in [2.45, 2.75) is 19.9 Å². The summed E-state index contributed by atoms with van der Waals surface area (Å²) in [5.41, 5.74) is 7.21. The van der Waals surface area contributed by atoms with E-state index >= 15 is 0 Å². The Morgan fingerprint density at radius 3 is 2.63 bits per heavy atom. The van der Waals surface area contributed by atoms with Crippen LogP contribution in [0.2, 0.25) is 0 Å². The van der Waals surface area contributed by atoms with Gasteiger partial charge in [0.25, 0.3) is 0 Å². The van der Waals surface area contributed by atoms with E-state index in [4.69, 9.17) is 10.5 Å². The first-order valence-electron chi connectivity index (χ1n) is 6.07. The highest BCUT2D eigenvalue weighted by Crippen LogP contribution is 2.27. The second-order valence-electron chi connectivity index (χ2n) is 4.09. The number of nitrogens with zero attached hydrogens (tertiary/aromatic N) is 1. The van der Waals surface area contributed by atoms with Crippen LogP contribution in [0.4, 0.5) is 0 Å². The molecule has 19 heavy (non-hydrogen) atoms. The summed E-state index contributed by atoms with van der Waals surface area (Å²) in [6.45, 7) is 3.78. The van der Waals surface area contributed by atoms with Crippen molar-refractivity contribution in [1.82, 2.24) is 0 Å². The molecule has 1 aliphatic heterocycles. The van der Waals surface area contributed by atoms with E-state index in [1.165, 1.54) is 11.8 Å². The molecular weight excluding hydrogens is 260 g/mol. The van der Waals surface area contributed by atoms with E-state index in [1.807, 2.05) is 44.2 Å². The predicted molar refractivity (Wildman–Crippen MR) is 77.7 cm³/mol. The summed E-state index contributed by atoms with van der Waals surface area (Å²) in [5.74, 6) is 1.56. The fourth-order valence-electron chi connectivity index (χ4n) is 1.68. The second kappa shape index (κ2) is 5.93. The molecule has 4 nitrogen and oxygen atoms in total. The predicted octanol–water partition coefficient (Wildman–Crippen LogP) is 2.63. The van der Waals surface area contributed by atoms with Crippen molar-refractivity contribution in [2.75, 3.05) is 5.75 Å². The Kier molecular flexibility index (Phi) is 4.27. The molecule has 2 rings (SSSR count). The van der Waals surface area contributed by atoms with Crippen LogP contribution in [0.25, 0.3) is 0 Å². The van der Waals surface area contributed by atoms with Gasteiger partial charge in [0.2, 0.25) is 16.9 Å². The maximum absolute atomic E-state index is 12.2. The SMILES string of the molecule is CCSC(=O)C(N=C1OC(N)=C1C)c1ccccc1. The molecular formula is C14H16N2O2S. The highest BCUT2D eigenvalue weighted by atomic mass is 32.2. The Hall–Kier alpha value is -1.75. The summed E-state index contributed by atoms with van der Waals surface area (Å²) in [6, 6.07) is 8.95. The summed E-state index contributed by atoms with van der Waals surface area (Å²) in [5, 5.41) is 0.0167. The molecule has 0 spiro atoms. The van der Waals surface area contributed by atoms with Crippen LogP contribution < -0.4 is 5.73 Å². The molecule has 5 heteroatoms. The highest BCUT2D eigenvalue weighted by Gasteiger charge is 2.26. The lowest BCUT2D eigenvalue weighted by atomic mass is 10.1. The average Bonchev–Trinajstić information content (AvgIpc) is 2.44. The standard InChI is InChI=1S/C14H16N2O2S/c1-3-19-14(17)11(10-7-5-4-6-8-10)16-13-9(2)12(15)18-13/h4-8,11H,3,15H2,1-2H3. The van der Waals surface area contributed by atoms with Crippen LogP contribution in [0, 0.1) is 0 Å². The molecule has 0 amide bonds. The maximum atomic E-state index is 12.2. The molecule has 0 fully saturated rings. The number of benzene rings is 1. The first-order valence-corrected chi connectivity index (χ1v) is 7.06. The number of carbonyl (C=O) groups is 1. The second-order valence-corrected chi connectivity index (χ2v) is 5.36. The Morgan fingerprint density at radius 2 is 2.11 bits per heavy atom. The first kappa shape index (κ1) is 13.7. The van der Waals surface area contributed by atoms with E-state index in [0.717, 1.165) is 16.9 Å². The zero-order valence-corrected chi connectivity index (χ0v) is 11.7. The Bertz CT molecular complexity index is 538. The van der Waals surface area contributed by atoms with E-state index in [9.17, 15) is 4.79 Å². The number of carbonyl (C=O) groups excluding carboxylic acids is 1. The third kappa shape index (κ3) is 2.98. The van der Waals surface area contributed by atoms with Crippen LogP contribution in [0.15, 0.2) is 46.8 Å². The van der Waals surface area contributed by atoms with Crippen LogP contribution in [0.1, 0.15) is 25.5 Å². The van der Waals surface area contributed by atoms with Crippen molar-refractivity contribution in [3.05, 3.63) is 47.4 Å². The molecule has 1 heterocycles. The van der Waals surface area contributed by atoms with Gasteiger partial charge >= 0.3 is 0 Å². The van der Waals surface area contributed by atoms with Crippen molar-refractivity contribution < 1.29 is 9.53 Å². The van der Waals surface area contributed by atoms with Gasteiger partial charge in [-0.15, -0.1) is 0 Å². The minimum atomic E-state index is -0.538. The minimum absolute atomic E-state index is 0.0167. The molecule has 0 saturated carbocycles. The van der Waals surface area contributed by atoms with Crippen molar-refractivity contribution in [3.8, 4) is 0 Å². The van der Waals surface area contributed by atoms with Crippen LogP contribution >= 0.6 is 11.8 Å². The smallest absolute Gasteiger partial charge is 0.226 e. The number of hydrogen-bond acceptors (Lipinski definition) is 5. The molecule has 1 atom stereocenters. The maximum Gasteiger partial charge on any atom is 0.226 e. The lowest BCUT2D eigenvalue weighted by Gasteiger charge is -2.22. The number of aliphatic imine (C=N–C) groups is 1. The molecule has 1 unspecified atom stereocenters. The normalized spacial score (nSPS) is 17.9. The summed E-state index contributed by atoms with van der Waals surface area (Å²) < 4.78 is 5.18. The first-order chi connectivity index (χ1) is 9.13. The molecule has 2 N–H and O–H groups in total. The fraction of sp³-hybridized carbons (Fsp3) is 0.286. The quantitative estimate of drug-likeness (QED) is 0.918. The molecule has 0 bridgehead atoms. The summed E-state index contributed by atoms with van der Waals surface area (Å²) in [6.07, 6.45) is 0. The monoisotopic (exact) mass is 276 g/mol. The zero-order chi connectivity index (χ0) is 13.8. The number of nitrogens with two attached hydrogens (primary N) is 1. The lowest BCUT2D eigenvalue weighted by Crippen LogP contribution is -2.27. The van der Waals surface area contributed by atoms with Gasteiger partial charge in [-0.1, -0.05) is 49.0 Å². The van der Waals surface area contributed by atoms with Gasteiger partial charge in [-0.3, -0.25) is 4.79 Å². The van der Waals surface area contributed by atoms with E-state index in [0.29, 0.717) is 11.8 Å². The zero-order valence-electron chi connectivity index (χ0n) is 10.9. The van der Waals surface area contributed by atoms with Crippen molar-refractivity contribution in [3.63, 3.8) is 0 Å². The largest absolute Gasteiger partial charge is 0.423 e. The third-order valence-electron chi connectivity index (χ3n) is 2.77. The van der Waals surface area contributed by atoms with E-state index in [1.54, 1.807) is 0 Å². The Morgan fingerprint density at radius 1 is 1.42 bits per heavy atom. The molecule has 1 aromatic rings. The van der Waals surface area contributed by atoms with Gasteiger partial charge in [0.05, 0.1) is 5.57 Å². The third-order valence-corrected chi connectivity index (χ3v) is 3.57. The van der Waals surface area contributed by atoms with Gasteiger partial charge in [-0.05, 0) is 18.2 Å². The molecule has 0 saturated heterocycles. The molecule has 0 radical (unpaired) electrons.